The summed E-state index contributed by atoms with van der Waals surface area (Å²) in [5.74, 6) is 0.980. The third-order valence-electron chi connectivity index (χ3n) is 3.52. The molecular formula is C15H24N2O. The molecule has 1 aliphatic rings. The van der Waals surface area contributed by atoms with Crippen molar-refractivity contribution in [3.63, 3.8) is 0 Å². The van der Waals surface area contributed by atoms with Gasteiger partial charge in [0.05, 0.1) is 12.8 Å². The molecule has 1 saturated heterocycles. The molecule has 0 aliphatic carbocycles. The number of benzene rings is 1. The van der Waals surface area contributed by atoms with Crippen LogP contribution in [0.3, 0.4) is 0 Å². The van der Waals surface area contributed by atoms with Crippen LogP contribution in [0.25, 0.3) is 0 Å². The van der Waals surface area contributed by atoms with Crippen molar-refractivity contribution in [1.82, 2.24) is 5.32 Å². The minimum Gasteiger partial charge on any atom is -0.495 e. The van der Waals surface area contributed by atoms with Gasteiger partial charge in [-0.05, 0) is 50.9 Å². The number of hydrogen-bond acceptors (Lipinski definition) is 3. The molecule has 0 radical (unpaired) electrons. The molecule has 1 aromatic rings. The smallest absolute Gasteiger partial charge is 0.142 e. The number of rotatable bonds is 2. The van der Waals surface area contributed by atoms with Crippen molar-refractivity contribution in [2.24, 2.45) is 0 Å². The van der Waals surface area contributed by atoms with Crippen LogP contribution in [0.5, 0.6) is 5.75 Å². The number of methoxy groups -OCH3 is 1. The summed E-state index contributed by atoms with van der Waals surface area (Å²) >= 11 is 0. The Labute approximate surface area is 110 Å². The van der Waals surface area contributed by atoms with E-state index in [1.807, 2.05) is 0 Å². The fourth-order valence-corrected chi connectivity index (χ4v) is 2.53. The van der Waals surface area contributed by atoms with Crippen molar-refractivity contribution in [2.75, 3.05) is 31.6 Å². The van der Waals surface area contributed by atoms with E-state index in [1.54, 1.807) is 7.11 Å². The van der Waals surface area contributed by atoms with Crippen LogP contribution in [0.2, 0.25) is 0 Å². The maximum Gasteiger partial charge on any atom is 0.142 e. The number of nitrogens with one attached hydrogen (secondary N) is 1. The van der Waals surface area contributed by atoms with Crippen LogP contribution in [-0.2, 0) is 0 Å². The van der Waals surface area contributed by atoms with Gasteiger partial charge < -0.3 is 15.0 Å². The Morgan fingerprint density at radius 3 is 2.94 bits per heavy atom. The van der Waals surface area contributed by atoms with Crippen molar-refractivity contribution in [3.05, 3.63) is 23.8 Å². The summed E-state index contributed by atoms with van der Waals surface area (Å²) in [5, 5.41) is 3.55. The van der Waals surface area contributed by atoms with Crippen LogP contribution in [0.1, 0.15) is 25.3 Å². The molecule has 0 amide bonds. The minimum absolute atomic E-state index is 0.524. The summed E-state index contributed by atoms with van der Waals surface area (Å²) in [6.45, 7) is 7.68. The Kier molecular flexibility index (Phi) is 4.48. The van der Waals surface area contributed by atoms with Crippen LogP contribution in [0, 0.1) is 6.92 Å². The zero-order chi connectivity index (χ0) is 13.0. The molecule has 100 valence electrons. The Hall–Kier alpha value is -1.22. The summed E-state index contributed by atoms with van der Waals surface area (Å²) in [6.07, 6.45) is 2.48. The molecule has 3 heteroatoms. The monoisotopic (exact) mass is 248 g/mol. The van der Waals surface area contributed by atoms with Gasteiger partial charge in [-0.1, -0.05) is 6.07 Å². The maximum atomic E-state index is 5.50. The number of ether oxygens (including phenoxy) is 1. The van der Waals surface area contributed by atoms with E-state index in [4.69, 9.17) is 4.74 Å². The zero-order valence-corrected chi connectivity index (χ0v) is 11.7. The first-order valence-corrected chi connectivity index (χ1v) is 6.83. The van der Waals surface area contributed by atoms with Gasteiger partial charge in [-0.3, -0.25) is 0 Å². The van der Waals surface area contributed by atoms with Crippen molar-refractivity contribution in [3.8, 4) is 5.75 Å². The first kappa shape index (κ1) is 13.2. The van der Waals surface area contributed by atoms with E-state index >= 15 is 0 Å². The Balaban J connectivity index is 2.24. The molecule has 0 spiro atoms. The number of aryl methyl sites for hydroxylation is 1. The second-order valence-corrected chi connectivity index (χ2v) is 5.18. The highest BCUT2D eigenvalue weighted by Gasteiger charge is 2.16. The molecule has 0 aromatic heterocycles. The molecule has 0 bridgehead atoms. The molecule has 1 aromatic carbocycles. The molecule has 1 unspecified atom stereocenters. The second-order valence-electron chi connectivity index (χ2n) is 5.18. The fourth-order valence-electron chi connectivity index (χ4n) is 2.53. The normalized spacial score (nSPS) is 21.3. The molecule has 1 heterocycles. The second kappa shape index (κ2) is 6.10. The molecule has 3 nitrogen and oxygen atoms in total. The van der Waals surface area contributed by atoms with Crippen molar-refractivity contribution >= 4 is 5.69 Å². The molecule has 2 rings (SSSR count). The quantitative estimate of drug-likeness (QED) is 0.870. The number of nitrogens with zero attached hydrogens (tertiary/aromatic N) is 1. The molecule has 1 fully saturated rings. The average molecular weight is 248 g/mol. The summed E-state index contributed by atoms with van der Waals surface area (Å²) in [5.41, 5.74) is 2.52. The first-order valence-electron chi connectivity index (χ1n) is 6.83. The zero-order valence-electron chi connectivity index (χ0n) is 11.7. The highest BCUT2D eigenvalue weighted by Crippen LogP contribution is 2.30. The first-order chi connectivity index (χ1) is 8.70. The summed E-state index contributed by atoms with van der Waals surface area (Å²) in [7, 11) is 1.75. The lowest BCUT2D eigenvalue weighted by Crippen LogP contribution is -2.42. The van der Waals surface area contributed by atoms with Gasteiger partial charge in [0.2, 0.25) is 0 Å². The fraction of sp³-hybridized carbons (Fsp3) is 0.600. The van der Waals surface area contributed by atoms with Gasteiger partial charge in [-0.25, -0.2) is 0 Å². The van der Waals surface area contributed by atoms with Gasteiger partial charge in [0.25, 0.3) is 0 Å². The third-order valence-corrected chi connectivity index (χ3v) is 3.52. The van der Waals surface area contributed by atoms with E-state index in [0.717, 1.165) is 25.4 Å². The van der Waals surface area contributed by atoms with Crippen LogP contribution in [0.15, 0.2) is 18.2 Å². The standard InChI is InChI=1S/C15H24N2O/c1-12-6-7-15(18-3)14(10-12)17-9-5-4-8-16-13(2)11-17/h6-7,10,13,16H,4-5,8-9,11H2,1-3H3. The Morgan fingerprint density at radius 2 is 2.17 bits per heavy atom. The largest absolute Gasteiger partial charge is 0.495 e. The lowest BCUT2D eigenvalue weighted by molar-refractivity contribution is 0.411. The molecule has 0 saturated carbocycles. The molecule has 1 atom stereocenters. The predicted octanol–water partition coefficient (Wildman–Crippen LogP) is 2.58. The number of hydrogen-bond donors (Lipinski definition) is 1. The minimum atomic E-state index is 0.524. The van der Waals surface area contributed by atoms with Gasteiger partial charge >= 0.3 is 0 Å². The molecule has 1 N–H and O–H groups in total. The van der Waals surface area contributed by atoms with Gasteiger partial charge in [-0.15, -0.1) is 0 Å². The lowest BCUT2D eigenvalue weighted by atomic mass is 10.1. The summed E-state index contributed by atoms with van der Waals surface area (Å²) in [6, 6.07) is 6.93. The third kappa shape index (κ3) is 3.16. The topological polar surface area (TPSA) is 24.5 Å². The summed E-state index contributed by atoms with van der Waals surface area (Å²) < 4.78 is 5.50. The van der Waals surface area contributed by atoms with E-state index < -0.39 is 0 Å². The van der Waals surface area contributed by atoms with Crippen molar-refractivity contribution in [2.45, 2.75) is 32.7 Å². The Morgan fingerprint density at radius 1 is 1.33 bits per heavy atom. The summed E-state index contributed by atoms with van der Waals surface area (Å²) in [4.78, 5) is 2.45. The molecule has 1 aliphatic heterocycles. The van der Waals surface area contributed by atoms with Crippen LogP contribution in [-0.4, -0.2) is 32.8 Å². The van der Waals surface area contributed by atoms with Crippen LogP contribution >= 0.6 is 0 Å². The lowest BCUT2D eigenvalue weighted by Gasteiger charge is -2.32. The Bertz CT molecular complexity index is 392. The maximum absolute atomic E-state index is 5.50. The van der Waals surface area contributed by atoms with E-state index in [-0.39, 0.29) is 0 Å². The average Bonchev–Trinajstić information content (AvgIpc) is 2.33. The van der Waals surface area contributed by atoms with E-state index in [0.29, 0.717) is 6.04 Å². The highest BCUT2D eigenvalue weighted by molar-refractivity contribution is 5.60. The molecular weight excluding hydrogens is 224 g/mol. The van der Waals surface area contributed by atoms with Crippen molar-refractivity contribution in [1.29, 1.82) is 0 Å². The molecule has 18 heavy (non-hydrogen) atoms. The van der Waals surface area contributed by atoms with E-state index in [2.05, 4.69) is 42.3 Å². The van der Waals surface area contributed by atoms with Crippen LogP contribution in [0.4, 0.5) is 5.69 Å². The van der Waals surface area contributed by atoms with Gasteiger partial charge in [0, 0.05) is 19.1 Å². The predicted molar refractivity (Wildman–Crippen MR) is 76.6 cm³/mol. The SMILES string of the molecule is COc1ccc(C)cc1N1CCCCNC(C)C1. The van der Waals surface area contributed by atoms with Gasteiger partial charge in [0.1, 0.15) is 5.75 Å². The van der Waals surface area contributed by atoms with Crippen molar-refractivity contribution < 1.29 is 4.74 Å². The van der Waals surface area contributed by atoms with Crippen LogP contribution < -0.4 is 15.0 Å². The highest BCUT2D eigenvalue weighted by atomic mass is 16.5. The van der Waals surface area contributed by atoms with Gasteiger partial charge in [-0.2, -0.15) is 0 Å². The van der Waals surface area contributed by atoms with Gasteiger partial charge in [0.15, 0.2) is 0 Å². The van der Waals surface area contributed by atoms with E-state index in [9.17, 15) is 0 Å². The van der Waals surface area contributed by atoms with E-state index in [1.165, 1.54) is 24.1 Å². The number of anilines is 1.